The Morgan fingerprint density at radius 1 is 1.53 bits per heavy atom. The summed E-state index contributed by atoms with van der Waals surface area (Å²) >= 11 is 7.75. The van der Waals surface area contributed by atoms with Gasteiger partial charge in [0.1, 0.15) is 0 Å². The molecule has 4 heteroatoms. The zero-order valence-corrected chi connectivity index (χ0v) is 11.9. The summed E-state index contributed by atoms with van der Waals surface area (Å²) in [5.41, 5.74) is 5.98. The number of halogens is 1. The topological polar surface area (TPSA) is 29.3 Å². The largest absolute Gasteiger partial charge is 0.329 e. The lowest BCUT2D eigenvalue weighted by Crippen LogP contribution is -2.39. The summed E-state index contributed by atoms with van der Waals surface area (Å²) < 4.78 is 0. The van der Waals surface area contributed by atoms with Crippen LogP contribution >= 0.6 is 22.9 Å². The lowest BCUT2D eigenvalue weighted by Gasteiger charge is -2.34. The monoisotopic (exact) mass is 272 g/mol. The maximum Gasteiger partial charge on any atom is 0.0567 e. The van der Waals surface area contributed by atoms with Crippen molar-refractivity contribution >= 4 is 22.9 Å². The van der Waals surface area contributed by atoms with Gasteiger partial charge < -0.3 is 5.73 Å². The highest BCUT2D eigenvalue weighted by Crippen LogP contribution is 2.33. The van der Waals surface area contributed by atoms with Crippen LogP contribution in [0.1, 0.15) is 43.5 Å². The van der Waals surface area contributed by atoms with Gasteiger partial charge in [0.15, 0.2) is 0 Å². The molecule has 0 aromatic carbocycles. The molecule has 1 atom stereocenters. The number of rotatable bonds is 5. The van der Waals surface area contributed by atoms with E-state index >= 15 is 0 Å². The van der Waals surface area contributed by atoms with Crippen molar-refractivity contribution in [2.24, 2.45) is 5.73 Å². The van der Waals surface area contributed by atoms with E-state index < -0.39 is 0 Å². The molecule has 0 saturated heterocycles. The fourth-order valence-electron chi connectivity index (χ4n) is 2.89. The molecular formula is C13H21ClN2S. The molecule has 1 heterocycles. The van der Waals surface area contributed by atoms with Crippen LogP contribution in [0.25, 0.3) is 0 Å². The van der Waals surface area contributed by atoms with Crippen LogP contribution in [0.2, 0.25) is 5.02 Å². The van der Waals surface area contributed by atoms with Gasteiger partial charge in [-0.05, 0) is 25.5 Å². The third kappa shape index (κ3) is 3.02. The Balaban J connectivity index is 2.14. The first-order valence-electron chi connectivity index (χ1n) is 6.46. The van der Waals surface area contributed by atoms with E-state index in [2.05, 4.69) is 17.9 Å². The first kappa shape index (κ1) is 13.3. The van der Waals surface area contributed by atoms with Gasteiger partial charge in [0, 0.05) is 22.8 Å². The summed E-state index contributed by atoms with van der Waals surface area (Å²) in [5, 5.41) is 2.84. The molecule has 96 valence electrons. The van der Waals surface area contributed by atoms with Crippen LogP contribution in [0.4, 0.5) is 0 Å². The first-order valence-corrected chi connectivity index (χ1v) is 7.71. The second-order valence-corrected chi connectivity index (χ2v) is 6.07. The van der Waals surface area contributed by atoms with Crippen molar-refractivity contribution in [3.05, 3.63) is 21.3 Å². The average molecular weight is 273 g/mol. The quantitative estimate of drug-likeness (QED) is 0.886. The Bertz CT molecular complexity index is 347. The van der Waals surface area contributed by atoms with Crippen LogP contribution in [-0.4, -0.2) is 24.0 Å². The van der Waals surface area contributed by atoms with Crippen LogP contribution in [0.3, 0.4) is 0 Å². The SMILES string of the molecule is CCN(C1CCCC1)C(CN)c1cc(Cl)cs1. The van der Waals surface area contributed by atoms with Crippen LogP contribution in [-0.2, 0) is 0 Å². The molecule has 2 N–H and O–H groups in total. The molecule has 0 aliphatic heterocycles. The van der Waals surface area contributed by atoms with Crippen LogP contribution in [0, 0.1) is 0 Å². The minimum absolute atomic E-state index is 0.348. The molecule has 1 aromatic rings. The Labute approximate surface area is 113 Å². The van der Waals surface area contributed by atoms with E-state index in [-0.39, 0.29) is 0 Å². The van der Waals surface area contributed by atoms with Crippen molar-refractivity contribution < 1.29 is 0 Å². The van der Waals surface area contributed by atoms with Crippen molar-refractivity contribution in [2.45, 2.75) is 44.7 Å². The molecule has 1 aliphatic rings. The maximum absolute atomic E-state index is 6.02. The van der Waals surface area contributed by atoms with Crippen molar-refractivity contribution in [3.63, 3.8) is 0 Å². The van der Waals surface area contributed by atoms with E-state index in [1.165, 1.54) is 30.6 Å². The number of likely N-dealkylation sites (N-methyl/N-ethyl adjacent to an activating group) is 1. The Morgan fingerprint density at radius 3 is 2.71 bits per heavy atom. The van der Waals surface area contributed by atoms with Crippen LogP contribution < -0.4 is 5.73 Å². The molecule has 0 amide bonds. The maximum atomic E-state index is 6.02. The summed E-state index contributed by atoms with van der Waals surface area (Å²) in [7, 11) is 0. The number of nitrogens with two attached hydrogens (primary N) is 1. The van der Waals surface area contributed by atoms with Crippen molar-refractivity contribution in [3.8, 4) is 0 Å². The minimum Gasteiger partial charge on any atom is -0.329 e. The summed E-state index contributed by atoms with van der Waals surface area (Å²) in [6, 6.07) is 3.14. The van der Waals surface area contributed by atoms with E-state index in [0.29, 0.717) is 12.6 Å². The van der Waals surface area contributed by atoms with E-state index in [0.717, 1.165) is 17.6 Å². The fourth-order valence-corrected chi connectivity index (χ4v) is 4.10. The molecule has 1 saturated carbocycles. The van der Waals surface area contributed by atoms with Crippen molar-refractivity contribution in [2.75, 3.05) is 13.1 Å². The Kier molecular flexibility index (Phi) is 4.86. The Morgan fingerprint density at radius 2 is 2.24 bits per heavy atom. The lowest BCUT2D eigenvalue weighted by molar-refractivity contribution is 0.149. The standard InChI is InChI=1S/C13H21ClN2S/c1-2-16(11-5-3-4-6-11)12(8-15)13-7-10(14)9-17-13/h7,9,11-12H,2-6,8,15H2,1H3. The normalized spacial score (nSPS) is 19.1. The fraction of sp³-hybridized carbons (Fsp3) is 0.692. The summed E-state index contributed by atoms with van der Waals surface area (Å²) in [6.07, 6.45) is 5.38. The smallest absolute Gasteiger partial charge is 0.0567 e. The molecule has 17 heavy (non-hydrogen) atoms. The molecule has 0 spiro atoms. The highest BCUT2D eigenvalue weighted by molar-refractivity contribution is 7.10. The summed E-state index contributed by atoms with van der Waals surface area (Å²) in [6.45, 7) is 3.99. The molecule has 1 unspecified atom stereocenters. The van der Waals surface area contributed by atoms with Crippen LogP contribution in [0.15, 0.2) is 11.4 Å². The van der Waals surface area contributed by atoms with Crippen LogP contribution in [0.5, 0.6) is 0 Å². The molecule has 2 nitrogen and oxygen atoms in total. The highest BCUT2D eigenvalue weighted by Gasteiger charge is 2.28. The predicted molar refractivity (Wildman–Crippen MR) is 75.8 cm³/mol. The highest BCUT2D eigenvalue weighted by atomic mass is 35.5. The van der Waals surface area contributed by atoms with Gasteiger partial charge in [-0.2, -0.15) is 0 Å². The molecule has 2 rings (SSSR count). The molecule has 0 bridgehead atoms. The number of hydrogen-bond donors (Lipinski definition) is 1. The zero-order chi connectivity index (χ0) is 12.3. The summed E-state index contributed by atoms with van der Waals surface area (Å²) in [4.78, 5) is 3.88. The van der Waals surface area contributed by atoms with E-state index in [9.17, 15) is 0 Å². The van der Waals surface area contributed by atoms with Gasteiger partial charge in [0.05, 0.1) is 11.1 Å². The minimum atomic E-state index is 0.348. The second kappa shape index (κ2) is 6.19. The molecular weight excluding hydrogens is 252 g/mol. The average Bonchev–Trinajstić information content (AvgIpc) is 2.96. The van der Waals surface area contributed by atoms with Crippen molar-refractivity contribution in [1.82, 2.24) is 4.90 Å². The van der Waals surface area contributed by atoms with E-state index in [4.69, 9.17) is 17.3 Å². The molecule has 1 aromatic heterocycles. The number of thiophene rings is 1. The van der Waals surface area contributed by atoms with Gasteiger partial charge >= 0.3 is 0 Å². The third-order valence-corrected chi connectivity index (χ3v) is 5.08. The Hall–Kier alpha value is -0.0900. The van der Waals surface area contributed by atoms with Gasteiger partial charge in [-0.3, -0.25) is 4.90 Å². The molecule has 1 aliphatic carbocycles. The van der Waals surface area contributed by atoms with Gasteiger partial charge in [0.2, 0.25) is 0 Å². The summed E-state index contributed by atoms with van der Waals surface area (Å²) in [5.74, 6) is 0. The van der Waals surface area contributed by atoms with E-state index in [1.807, 2.05) is 5.38 Å². The second-order valence-electron chi connectivity index (χ2n) is 4.69. The molecule has 1 fully saturated rings. The first-order chi connectivity index (χ1) is 8.26. The van der Waals surface area contributed by atoms with Crippen molar-refractivity contribution in [1.29, 1.82) is 0 Å². The van der Waals surface area contributed by atoms with Gasteiger partial charge in [0.25, 0.3) is 0 Å². The van der Waals surface area contributed by atoms with Gasteiger partial charge in [-0.15, -0.1) is 11.3 Å². The van der Waals surface area contributed by atoms with Gasteiger partial charge in [-0.1, -0.05) is 31.4 Å². The third-order valence-electron chi connectivity index (χ3n) is 3.70. The molecule has 0 radical (unpaired) electrons. The predicted octanol–water partition coefficient (Wildman–Crippen LogP) is 3.67. The van der Waals surface area contributed by atoms with Gasteiger partial charge in [-0.25, -0.2) is 0 Å². The number of hydrogen-bond acceptors (Lipinski definition) is 3. The van der Waals surface area contributed by atoms with E-state index in [1.54, 1.807) is 11.3 Å². The lowest BCUT2D eigenvalue weighted by atomic mass is 10.1. The zero-order valence-electron chi connectivity index (χ0n) is 10.4. The number of nitrogens with zero attached hydrogens (tertiary/aromatic N) is 1.